The monoisotopic (exact) mass is 279 g/mol. The van der Waals surface area contributed by atoms with Crippen LogP contribution in [0.5, 0.6) is 0 Å². The van der Waals surface area contributed by atoms with Crippen molar-refractivity contribution in [3.8, 4) is 0 Å². The molecular formula is C15H12F3NO. The molecule has 0 aromatic heterocycles. The van der Waals surface area contributed by atoms with Crippen LogP contribution in [0.2, 0.25) is 0 Å². The van der Waals surface area contributed by atoms with Gasteiger partial charge in [-0.2, -0.15) is 0 Å². The Bertz CT molecular complexity index is 605. The maximum absolute atomic E-state index is 13.1. The fourth-order valence-electron chi connectivity index (χ4n) is 1.79. The van der Waals surface area contributed by atoms with E-state index in [0.717, 1.165) is 5.56 Å². The summed E-state index contributed by atoms with van der Waals surface area (Å²) in [5, 5.41) is 2.59. The standard InChI is InChI=1S/C15H12F3NO/c1-9(10-5-3-2-4-6-10)19-15(20)11-7-12(16)14(18)13(17)8-11/h2-9H,1H3,(H,19,20). The molecule has 5 heteroatoms. The van der Waals surface area contributed by atoms with Gasteiger partial charge in [-0.15, -0.1) is 0 Å². The zero-order chi connectivity index (χ0) is 14.7. The van der Waals surface area contributed by atoms with Crippen LogP contribution >= 0.6 is 0 Å². The molecule has 104 valence electrons. The molecule has 0 spiro atoms. The molecule has 0 saturated heterocycles. The topological polar surface area (TPSA) is 29.1 Å². The molecule has 0 aliphatic rings. The molecule has 0 bridgehead atoms. The van der Waals surface area contributed by atoms with E-state index in [2.05, 4.69) is 5.32 Å². The Balaban J connectivity index is 2.17. The van der Waals surface area contributed by atoms with Gasteiger partial charge in [-0.1, -0.05) is 30.3 Å². The highest BCUT2D eigenvalue weighted by Gasteiger charge is 2.16. The molecule has 2 rings (SSSR count). The van der Waals surface area contributed by atoms with Gasteiger partial charge in [0.15, 0.2) is 17.5 Å². The first kappa shape index (κ1) is 14.1. The van der Waals surface area contributed by atoms with Crippen LogP contribution in [0.15, 0.2) is 42.5 Å². The van der Waals surface area contributed by atoms with Crippen molar-refractivity contribution < 1.29 is 18.0 Å². The summed E-state index contributed by atoms with van der Waals surface area (Å²) in [5.74, 6) is -5.03. The van der Waals surface area contributed by atoms with E-state index < -0.39 is 23.4 Å². The summed E-state index contributed by atoms with van der Waals surface area (Å²) in [6.07, 6.45) is 0. The molecule has 1 amide bonds. The van der Waals surface area contributed by atoms with Gasteiger partial charge < -0.3 is 5.32 Å². The van der Waals surface area contributed by atoms with Gasteiger partial charge >= 0.3 is 0 Å². The summed E-state index contributed by atoms with van der Waals surface area (Å²) < 4.78 is 39.0. The summed E-state index contributed by atoms with van der Waals surface area (Å²) in [5.41, 5.74) is 0.591. The molecule has 0 aliphatic carbocycles. The van der Waals surface area contributed by atoms with Crippen molar-refractivity contribution in [2.75, 3.05) is 0 Å². The maximum Gasteiger partial charge on any atom is 0.251 e. The second-order valence-electron chi connectivity index (χ2n) is 4.36. The van der Waals surface area contributed by atoms with Crippen LogP contribution in [0.1, 0.15) is 28.9 Å². The Kier molecular flexibility index (Phi) is 4.08. The van der Waals surface area contributed by atoms with E-state index in [-0.39, 0.29) is 11.6 Å². The van der Waals surface area contributed by atoms with Crippen molar-refractivity contribution in [1.82, 2.24) is 5.32 Å². The minimum atomic E-state index is -1.59. The Morgan fingerprint density at radius 1 is 1.05 bits per heavy atom. The van der Waals surface area contributed by atoms with E-state index in [4.69, 9.17) is 0 Å². The molecule has 1 N–H and O–H groups in total. The van der Waals surface area contributed by atoms with E-state index in [1.807, 2.05) is 30.3 Å². The van der Waals surface area contributed by atoms with Gasteiger partial charge in [0, 0.05) is 5.56 Å². The molecule has 0 fully saturated rings. The van der Waals surface area contributed by atoms with Crippen molar-refractivity contribution in [1.29, 1.82) is 0 Å². The van der Waals surface area contributed by atoms with Gasteiger partial charge in [-0.25, -0.2) is 13.2 Å². The van der Waals surface area contributed by atoms with Gasteiger partial charge in [0.1, 0.15) is 0 Å². The third kappa shape index (κ3) is 2.99. The predicted molar refractivity (Wildman–Crippen MR) is 68.6 cm³/mol. The lowest BCUT2D eigenvalue weighted by Crippen LogP contribution is -2.27. The molecule has 1 unspecified atom stereocenters. The van der Waals surface area contributed by atoms with Crippen LogP contribution < -0.4 is 5.32 Å². The SMILES string of the molecule is CC(NC(=O)c1cc(F)c(F)c(F)c1)c1ccccc1. The molecule has 2 nitrogen and oxygen atoms in total. The Labute approximate surface area is 114 Å². The van der Waals surface area contributed by atoms with E-state index in [0.29, 0.717) is 12.1 Å². The van der Waals surface area contributed by atoms with Gasteiger partial charge in [0.25, 0.3) is 5.91 Å². The zero-order valence-electron chi connectivity index (χ0n) is 10.7. The Morgan fingerprint density at radius 3 is 2.15 bits per heavy atom. The predicted octanol–water partition coefficient (Wildman–Crippen LogP) is 3.59. The van der Waals surface area contributed by atoms with Crippen LogP contribution in [0.25, 0.3) is 0 Å². The van der Waals surface area contributed by atoms with Crippen LogP contribution in [0.3, 0.4) is 0 Å². The lowest BCUT2D eigenvalue weighted by molar-refractivity contribution is 0.0938. The Morgan fingerprint density at radius 2 is 1.60 bits per heavy atom. The normalized spacial score (nSPS) is 12.0. The zero-order valence-corrected chi connectivity index (χ0v) is 10.7. The van der Waals surface area contributed by atoms with Crippen molar-refractivity contribution in [3.05, 3.63) is 71.0 Å². The summed E-state index contributed by atoms with van der Waals surface area (Å²) in [7, 11) is 0. The minimum absolute atomic E-state index is 0.260. The summed E-state index contributed by atoms with van der Waals surface area (Å²) in [6, 6.07) is 10.1. The molecule has 20 heavy (non-hydrogen) atoms. The summed E-state index contributed by atoms with van der Waals surface area (Å²) in [4.78, 5) is 11.9. The second kappa shape index (κ2) is 5.77. The first-order valence-corrected chi connectivity index (χ1v) is 5.99. The van der Waals surface area contributed by atoms with E-state index in [1.165, 1.54) is 0 Å². The van der Waals surface area contributed by atoms with Crippen LogP contribution in [0, 0.1) is 17.5 Å². The number of amides is 1. The van der Waals surface area contributed by atoms with E-state index in [1.54, 1.807) is 6.92 Å². The first-order valence-electron chi connectivity index (χ1n) is 5.99. The molecule has 2 aromatic rings. The lowest BCUT2D eigenvalue weighted by atomic mass is 10.1. The number of carbonyl (C=O) groups is 1. The molecule has 0 saturated carbocycles. The first-order chi connectivity index (χ1) is 9.49. The Hall–Kier alpha value is -2.30. The van der Waals surface area contributed by atoms with E-state index >= 15 is 0 Å². The van der Waals surface area contributed by atoms with Gasteiger partial charge in [0.05, 0.1) is 6.04 Å². The fraction of sp³-hybridized carbons (Fsp3) is 0.133. The highest BCUT2D eigenvalue weighted by molar-refractivity contribution is 5.94. The quantitative estimate of drug-likeness (QED) is 0.855. The average Bonchev–Trinajstić information content (AvgIpc) is 2.45. The van der Waals surface area contributed by atoms with Crippen LogP contribution in [-0.4, -0.2) is 5.91 Å². The number of benzene rings is 2. The van der Waals surface area contributed by atoms with Gasteiger partial charge in [-0.3, -0.25) is 4.79 Å². The van der Waals surface area contributed by atoms with Crippen molar-refractivity contribution >= 4 is 5.91 Å². The number of halogens is 3. The molecule has 0 radical (unpaired) electrons. The molecule has 0 heterocycles. The van der Waals surface area contributed by atoms with Crippen LogP contribution in [0.4, 0.5) is 13.2 Å². The maximum atomic E-state index is 13.1. The largest absolute Gasteiger partial charge is 0.346 e. The second-order valence-corrected chi connectivity index (χ2v) is 4.36. The minimum Gasteiger partial charge on any atom is -0.346 e. The number of hydrogen-bond donors (Lipinski definition) is 1. The van der Waals surface area contributed by atoms with Gasteiger partial charge in [0.2, 0.25) is 0 Å². The third-order valence-corrected chi connectivity index (χ3v) is 2.89. The summed E-state index contributed by atoms with van der Waals surface area (Å²) >= 11 is 0. The molecule has 1 atom stereocenters. The van der Waals surface area contributed by atoms with Crippen molar-refractivity contribution in [2.45, 2.75) is 13.0 Å². The molecule has 0 aliphatic heterocycles. The van der Waals surface area contributed by atoms with Crippen molar-refractivity contribution in [2.24, 2.45) is 0 Å². The summed E-state index contributed by atoms with van der Waals surface area (Å²) in [6.45, 7) is 1.74. The fourth-order valence-corrected chi connectivity index (χ4v) is 1.79. The number of nitrogens with one attached hydrogen (secondary N) is 1. The smallest absolute Gasteiger partial charge is 0.251 e. The number of hydrogen-bond acceptors (Lipinski definition) is 1. The average molecular weight is 279 g/mol. The highest BCUT2D eigenvalue weighted by atomic mass is 19.2. The number of carbonyl (C=O) groups excluding carboxylic acids is 1. The van der Waals surface area contributed by atoms with E-state index in [9.17, 15) is 18.0 Å². The number of rotatable bonds is 3. The van der Waals surface area contributed by atoms with Crippen molar-refractivity contribution in [3.63, 3.8) is 0 Å². The van der Waals surface area contributed by atoms with Crippen LogP contribution in [-0.2, 0) is 0 Å². The highest BCUT2D eigenvalue weighted by Crippen LogP contribution is 2.16. The molecule has 2 aromatic carbocycles. The molecular weight excluding hydrogens is 267 g/mol. The van der Waals surface area contributed by atoms with Gasteiger partial charge in [-0.05, 0) is 24.6 Å². The third-order valence-electron chi connectivity index (χ3n) is 2.89. The lowest BCUT2D eigenvalue weighted by Gasteiger charge is -2.14.